The molecule has 0 amide bonds. The van der Waals surface area contributed by atoms with Crippen LogP contribution in [0.3, 0.4) is 0 Å². The summed E-state index contributed by atoms with van der Waals surface area (Å²) in [6.45, 7) is 16.5. The predicted molar refractivity (Wildman–Crippen MR) is 146 cm³/mol. The van der Waals surface area contributed by atoms with Crippen molar-refractivity contribution in [2.75, 3.05) is 11.5 Å². The number of aromatic hydroxyl groups is 2. The maximum absolute atomic E-state index is 10.4. The molecule has 35 heavy (non-hydrogen) atoms. The third-order valence-corrected chi connectivity index (χ3v) is 9.72. The lowest BCUT2D eigenvalue weighted by Crippen LogP contribution is -2.38. The number of fused-ring (bicyclic) bond motifs is 2. The Morgan fingerprint density at radius 1 is 0.629 bits per heavy atom. The average Bonchev–Trinajstić information content (AvgIpc) is 2.83. The van der Waals surface area contributed by atoms with Crippen molar-refractivity contribution < 1.29 is 19.7 Å². The second kappa shape index (κ2) is 9.46. The van der Waals surface area contributed by atoms with Gasteiger partial charge in [-0.25, -0.2) is 0 Å². The molecule has 2 aromatic carbocycles. The van der Waals surface area contributed by atoms with Gasteiger partial charge < -0.3 is 19.7 Å². The number of hydrogen-bond donors (Lipinski definition) is 2. The van der Waals surface area contributed by atoms with Gasteiger partial charge in [0.15, 0.2) is 0 Å². The van der Waals surface area contributed by atoms with Crippen LogP contribution >= 0.6 is 11.8 Å². The van der Waals surface area contributed by atoms with Gasteiger partial charge in [0.2, 0.25) is 0 Å². The Morgan fingerprint density at radius 3 is 1.37 bits per heavy atom. The molecule has 0 saturated heterocycles. The van der Waals surface area contributed by atoms with Crippen molar-refractivity contribution in [1.82, 2.24) is 0 Å². The van der Waals surface area contributed by atoms with Crippen LogP contribution in [0.1, 0.15) is 84.0 Å². The number of phenolic OH excluding ortho intramolecular Hbond substituents is 2. The van der Waals surface area contributed by atoms with Crippen molar-refractivity contribution in [3.8, 4) is 23.0 Å². The maximum Gasteiger partial charge on any atom is 0.127 e. The molecule has 2 aliphatic heterocycles. The molecule has 2 aromatic rings. The molecule has 2 N–H and O–H groups in total. The summed E-state index contributed by atoms with van der Waals surface area (Å²) in [7, 11) is 0. The normalized spacial score (nSPS) is 23.3. The van der Waals surface area contributed by atoms with Crippen LogP contribution in [0.4, 0.5) is 0 Å². The molecular formula is C30H42O4S. The fourth-order valence-corrected chi connectivity index (χ4v) is 6.98. The second-order valence-corrected chi connectivity index (χ2v) is 12.5. The molecule has 4 rings (SSSR count). The highest BCUT2D eigenvalue weighted by Gasteiger charge is 2.36. The Hall–Kier alpha value is -2.01. The van der Waals surface area contributed by atoms with Gasteiger partial charge in [-0.2, -0.15) is 11.8 Å². The molecule has 2 aliphatic rings. The smallest absolute Gasteiger partial charge is 0.127 e. The van der Waals surface area contributed by atoms with Gasteiger partial charge in [0, 0.05) is 11.1 Å². The van der Waals surface area contributed by atoms with Crippen LogP contribution in [0.5, 0.6) is 23.0 Å². The zero-order valence-corrected chi connectivity index (χ0v) is 23.6. The lowest BCUT2D eigenvalue weighted by Gasteiger charge is -2.39. The van der Waals surface area contributed by atoms with E-state index in [1.807, 2.05) is 39.5 Å². The molecule has 4 nitrogen and oxygen atoms in total. The van der Waals surface area contributed by atoms with E-state index in [9.17, 15) is 10.2 Å². The highest BCUT2D eigenvalue weighted by atomic mass is 32.2. The van der Waals surface area contributed by atoms with E-state index in [4.69, 9.17) is 9.47 Å². The van der Waals surface area contributed by atoms with Gasteiger partial charge in [-0.05, 0) is 139 Å². The number of hydrogen-bond acceptors (Lipinski definition) is 5. The zero-order chi connectivity index (χ0) is 25.7. The van der Waals surface area contributed by atoms with Crippen molar-refractivity contribution >= 4 is 11.8 Å². The van der Waals surface area contributed by atoms with Gasteiger partial charge in [0.05, 0.1) is 0 Å². The number of rotatable bonds is 6. The second-order valence-electron chi connectivity index (χ2n) is 11.3. The van der Waals surface area contributed by atoms with Crippen molar-refractivity contribution in [3.63, 3.8) is 0 Å². The van der Waals surface area contributed by atoms with Gasteiger partial charge in [0.25, 0.3) is 0 Å². The fourth-order valence-electron chi connectivity index (χ4n) is 5.62. The molecule has 0 aromatic heterocycles. The van der Waals surface area contributed by atoms with E-state index in [1.54, 1.807) is 0 Å². The van der Waals surface area contributed by atoms with E-state index in [1.165, 1.54) is 11.1 Å². The molecular weight excluding hydrogens is 456 g/mol. The summed E-state index contributed by atoms with van der Waals surface area (Å²) >= 11 is 1.99. The van der Waals surface area contributed by atoms with E-state index in [2.05, 4.69) is 27.7 Å². The first-order valence-corrected chi connectivity index (χ1v) is 14.1. The Kier molecular flexibility index (Phi) is 7.04. The minimum absolute atomic E-state index is 0.168. The van der Waals surface area contributed by atoms with Crippen LogP contribution in [0.25, 0.3) is 0 Å². The topological polar surface area (TPSA) is 58.9 Å². The molecule has 0 fully saturated rings. The zero-order valence-electron chi connectivity index (χ0n) is 22.8. The third kappa shape index (κ3) is 4.73. The minimum Gasteiger partial charge on any atom is -0.507 e. The predicted octanol–water partition coefficient (Wildman–Crippen LogP) is 7.33. The first-order chi connectivity index (χ1) is 16.4. The Balaban J connectivity index is 1.33. The molecule has 2 atom stereocenters. The molecule has 0 saturated carbocycles. The van der Waals surface area contributed by atoms with E-state index >= 15 is 0 Å². The largest absolute Gasteiger partial charge is 0.507 e. The number of ether oxygens (including phenoxy) is 2. The summed E-state index contributed by atoms with van der Waals surface area (Å²) < 4.78 is 13.2. The van der Waals surface area contributed by atoms with Crippen molar-refractivity contribution in [2.24, 2.45) is 0 Å². The van der Waals surface area contributed by atoms with E-state index < -0.39 is 0 Å². The van der Waals surface area contributed by atoms with Gasteiger partial charge in [-0.1, -0.05) is 0 Å². The lowest BCUT2D eigenvalue weighted by molar-refractivity contribution is 0.0600. The Bertz CT molecular complexity index is 1070. The molecule has 0 aliphatic carbocycles. The molecule has 2 unspecified atom stereocenters. The fraction of sp³-hybridized carbons (Fsp3) is 0.600. The number of thioether (sulfide) groups is 1. The summed E-state index contributed by atoms with van der Waals surface area (Å²) in [6.07, 6.45) is 5.88. The maximum atomic E-state index is 10.4. The van der Waals surface area contributed by atoms with Crippen LogP contribution in [-0.4, -0.2) is 32.9 Å². The number of benzene rings is 2. The van der Waals surface area contributed by atoms with Gasteiger partial charge >= 0.3 is 0 Å². The van der Waals surface area contributed by atoms with E-state index in [0.717, 1.165) is 94.9 Å². The minimum atomic E-state index is -0.168. The molecule has 0 radical (unpaired) electrons. The van der Waals surface area contributed by atoms with Crippen LogP contribution in [0.15, 0.2) is 0 Å². The summed E-state index contributed by atoms with van der Waals surface area (Å²) in [6, 6.07) is 0. The van der Waals surface area contributed by atoms with E-state index in [-0.39, 0.29) is 11.2 Å². The van der Waals surface area contributed by atoms with Crippen molar-refractivity contribution in [1.29, 1.82) is 0 Å². The number of phenols is 2. The molecule has 5 heteroatoms. The Morgan fingerprint density at radius 2 is 1.00 bits per heavy atom. The molecule has 0 bridgehead atoms. The first-order valence-electron chi connectivity index (χ1n) is 13.0. The summed E-state index contributed by atoms with van der Waals surface area (Å²) in [4.78, 5) is 0. The highest BCUT2D eigenvalue weighted by molar-refractivity contribution is 7.99. The van der Waals surface area contributed by atoms with Gasteiger partial charge in [0.1, 0.15) is 34.2 Å². The molecule has 192 valence electrons. The SMILES string of the molecule is Cc1c(C)c2c(c(C)c1O)CCC(C)(CCSCCC1(C)CCc3c(C)c(O)c(C)c(C)c3O1)O2. The van der Waals surface area contributed by atoms with Gasteiger partial charge in [-0.15, -0.1) is 0 Å². The van der Waals surface area contributed by atoms with Crippen LogP contribution in [0.2, 0.25) is 0 Å². The van der Waals surface area contributed by atoms with E-state index in [0.29, 0.717) is 11.5 Å². The van der Waals surface area contributed by atoms with Crippen LogP contribution in [0, 0.1) is 41.5 Å². The lowest BCUT2D eigenvalue weighted by atomic mass is 9.86. The summed E-state index contributed by atoms with van der Waals surface area (Å²) in [5.41, 5.74) is 7.95. The molecule has 2 heterocycles. The molecule has 0 spiro atoms. The van der Waals surface area contributed by atoms with Crippen molar-refractivity contribution in [3.05, 3.63) is 44.5 Å². The Labute approximate surface area is 215 Å². The van der Waals surface area contributed by atoms with Gasteiger partial charge in [-0.3, -0.25) is 0 Å². The monoisotopic (exact) mass is 498 g/mol. The average molecular weight is 499 g/mol. The van der Waals surface area contributed by atoms with Crippen LogP contribution in [-0.2, 0) is 12.8 Å². The van der Waals surface area contributed by atoms with Crippen LogP contribution < -0.4 is 9.47 Å². The third-order valence-electron chi connectivity index (χ3n) is 8.74. The highest BCUT2D eigenvalue weighted by Crippen LogP contribution is 2.46. The summed E-state index contributed by atoms with van der Waals surface area (Å²) in [5.74, 6) is 4.93. The standard InChI is InChI=1S/C30H42O4S/c1-17-19(3)27-23(21(5)25(17)31)9-11-29(7,33-27)13-15-35-16-14-30(8)12-10-24-22(6)26(32)18(2)20(4)28(24)34-30/h31-32H,9-16H2,1-8H3. The van der Waals surface area contributed by atoms with Crippen molar-refractivity contribution in [2.45, 2.75) is 105 Å². The summed E-state index contributed by atoms with van der Waals surface area (Å²) in [5, 5.41) is 20.9. The quantitative estimate of drug-likeness (QED) is 0.408. The first kappa shape index (κ1) is 26.1.